The highest BCUT2D eigenvalue weighted by Gasteiger charge is 2.23. The van der Waals surface area contributed by atoms with Crippen molar-refractivity contribution in [2.75, 3.05) is 4.90 Å². The van der Waals surface area contributed by atoms with E-state index in [1.807, 2.05) is 0 Å². The Balaban J connectivity index is 0.960. The molecule has 13 aromatic rings. The Morgan fingerprint density at radius 2 is 0.829 bits per heavy atom. The Hall–Kier alpha value is -9.83. The first-order valence-corrected chi connectivity index (χ1v) is 26.3. The molecular weight excluding hydrogens is 919 g/mol. The highest BCUT2D eigenvalue weighted by Crippen LogP contribution is 2.49. The number of para-hydroxylation sites is 4. The summed E-state index contributed by atoms with van der Waals surface area (Å²) in [5.41, 5.74) is 18.5. The second-order valence-electron chi connectivity index (χ2n) is 19.8. The van der Waals surface area contributed by atoms with Crippen molar-refractivity contribution in [2.45, 2.75) is 13.3 Å². The quantitative estimate of drug-likeness (QED) is 0.134. The smallest absolute Gasteiger partial charge is 0.145 e. The molecule has 1 aromatic heterocycles. The van der Waals surface area contributed by atoms with Gasteiger partial charge in [-0.25, -0.2) is 4.98 Å². The van der Waals surface area contributed by atoms with Crippen LogP contribution in [0.25, 0.3) is 116 Å². The molecule has 0 atom stereocenters. The van der Waals surface area contributed by atoms with Crippen molar-refractivity contribution in [1.29, 1.82) is 0 Å². The molecule has 0 unspecified atom stereocenters. The summed E-state index contributed by atoms with van der Waals surface area (Å²) in [6, 6.07) is 91.1. The fourth-order valence-corrected chi connectivity index (χ4v) is 11.8. The lowest BCUT2D eigenvalue weighted by Crippen LogP contribution is -2.15. The molecule has 1 aliphatic rings. The van der Waals surface area contributed by atoms with Crippen molar-refractivity contribution in [3.05, 3.63) is 290 Å². The fraction of sp³-hybridized carbons (Fsp3) is 0.0274. The van der Waals surface area contributed by atoms with Crippen LogP contribution in [-0.4, -0.2) is 9.55 Å². The summed E-state index contributed by atoms with van der Waals surface area (Å²) in [5.74, 6) is 0.922. The SMILES string of the molecule is Cc1ccc(-c2c3ccccc3c(-c3ccc(N(C4=CCC=CC=C4)c4ccccc4)cc3)c3cc(-c4c5ccccc5c(-c5ccc(-c6nc7ccccc7n6-c6ccccc6)cc5)c5ccccc45)ccc23)cc1. The fourth-order valence-electron chi connectivity index (χ4n) is 11.8. The normalized spacial score (nSPS) is 12.5. The Morgan fingerprint density at radius 3 is 1.43 bits per heavy atom. The van der Waals surface area contributed by atoms with E-state index in [0.29, 0.717) is 0 Å². The molecule has 0 spiro atoms. The van der Waals surface area contributed by atoms with E-state index in [9.17, 15) is 0 Å². The molecule has 1 heterocycles. The minimum atomic E-state index is 0.874. The van der Waals surface area contributed by atoms with E-state index in [1.54, 1.807) is 0 Å². The van der Waals surface area contributed by atoms with Crippen LogP contribution < -0.4 is 4.90 Å². The van der Waals surface area contributed by atoms with Crippen molar-refractivity contribution in [2.24, 2.45) is 0 Å². The van der Waals surface area contributed by atoms with Crippen molar-refractivity contribution >= 4 is 65.5 Å². The first kappa shape index (κ1) is 44.8. The summed E-state index contributed by atoms with van der Waals surface area (Å²) >= 11 is 0. The first-order chi connectivity index (χ1) is 37.6. The third-order valence-electron chi connectivity index (χ3n) is 15.3. The molecule has 0 saturated heterocycles. The molecule has 0 fully saturated rings. The van der Waals surface area contributed by atoms with Gasteiger partial charge in [0.25, 0.3) is 0 Å². The van der Waals surface area contributed by atoms with E-state index in [0.717, 1.165) is 57.2 Å². The van der Waals surface area contributed by atoms with E-state index < -0.39 is 0 Å². The van der Waals surface area contributed by atoms with Gasteiger partial charge in [0.05, 0.1) is 11.0 Å². The van der Waals surface area contributed by atoms with Crippen LogP contribution >= 0.6 is 0 Å². The van der Waals surface area contributed by atoms with Crippen molar-refractivity contribution < 1.29 is 0 Å². The number of imidazole rings is 1. The molecular formula is C73H51N3. The molecule has 0 radical (unpaired) electrons. The van der Waals surface area contributed by atoms with Gasteiger partial charge < -0.3 is 4.90 Å². The molecule has 0 saturated carbocycles. The second-order valence-corrected chi connectivity index (χ2v) is 19.8. The van der Waals surface area contributed by atoms with Gasteiger partial charge in [-0.3, -0.25) is 4.57 Å². The maximum Gasteiger partial charge on any atom is 0.145 e. The van der Waals surface area contributed by atoms with Crippen LogP contribution in [-0.2, 0) is 0 Å². The standard InChI is InChI=1S/C73H51N3/c1-49-34-36-50(37-35-49)70-59-26-12-15-29-62(59)71(52-42-45-58(46-43-52)75(56-22-8-4-9-23-56)55-20-6-2-3-7-21-55)66-48-54(44-47-65(66)70)72-63-30-16-13-27-60(63)69(61-28-14-17-31-64(61)72)51-38-40-53(41-39-51)73-74-67-32-18-19-33-68(67)76(73)57-24-10-5-11-25-57/h2-6,8-48H,7H2,1H3. The molecule has 0 bridgehead atoms. The van der Waals surface area contributed by atoms with Crippen LogP contribution in [0.4, 0.5) is 11.4 Å². The van der Waals surface area contributed by atoms with E-state index >= 15 is 0 Å². The third kappa shape index (κ3) is 7.72. The topological polar surface area (TPSA) is 21.1 Å². The highest BCUT2D eigenvalue weighted by atomic mass is 15.1. The van der Waals surface area contributed by atoms with Gasteiger partial charge in [0.1, 0.15) is 5.82 Å². The van der Waals surface area contributed by atoms with Crippen molar-refractivity contribution in [3.63, 3.8) is 0 Å². The zero-order valence-electron chi connectivity index (χ0n) is 42.1. The van der Waals surface area contributed by atoms with Gasteiger partial charge in [0, 0.05) is 28.3 Å². The number of benzene rings is 12. The number of anilines is 2. The molecule has 1 aliphatic carbocycles. The minimum absolute atomic E-state index is 0.874. The lowest BCUT2D eigenvalue weighted by Gasteiger charge is -2.27. The van der Waals surface area contributed by atoms with Crippen LogP contribution in [0.1, 0.15) is 12.0 Å². The number of hydrogen-bond acceptors (Lipinski definition) is 2. The van der Waals surface area contributed by atoms with Gasteiger partial charge in [-0.2, -0.15) is 0 Å². The molecule has 0 N–H and O–H groups in total. The van der Waals surface area contributed by atoms with Gasteiger partial charge in [-0.05, 0) is 162 Å². The van der Waals surface area contributed by atoms with Crippen molar-refractivity contribution in [3.8, 4) is 61.6 Å². The van der Waals surface area contributed by atoms with Crippen LogP contribution in [0.3, 0.4) is 0 Å². The second kappa shape index (κ2) is 18.9. The molecule has 0 aliphatic heterocycles. The lowest BCUT2D eigenvalue weighted by molar-refractivity contribution is 1.10. The van der Waals surface area contributed by atoms with Crippen molar-refractivity contribution in [1.82, 2.24) is 9.55 Å². The van der Waals surface area contributed by atoms with Gasteiger partial charge in [-0.1, -0.05) is 224 Å². The molecule has 0 amide bonds. The molecule has 358 valence electrons. The Bertz CT molecular complexity index is 4390. The number of aromatic nitrogens is 2. The van der Waals surface area contributed by atoms with Crippen LogP contribution in [0.15, 0.2) is 285 Å². The summed E-state index contributed by atoms with van der Waals surface area (Å²) in [7, 11) is 0. The number of rotatable bonds is 9. The minimum Gasteiger partial charge on any atom is -0.311 e. The van der Waals surface area contributed by atoms with Crippen LogP contribution in [0.2, 0.25) is 0 Å². The average molecular weight is 970 g/mol. The maximum absolute atomic E-state index is 5.19. The monoisotopic (exact) mass is 969 g/mol. The third-order valence-corrected chi connectivity index (χ3v) is 15.3. The predicted octanol–water partition coefficient (Wildman–Crippen LogP) is 19.8. The summed E-state index contributed by atoms with van der Waals surface area (Å²) in [4.78, 5) is 7.55. The number of nitrogens with zero attached hydrogens (tertiary/aromatic N) is 3. The van der Waals surface area contributed by atoms with Gasteiger partial charge in [0.2, 0.25) is 0 Å². The number of aryl methyl sites for hydroxylation is 1. The first-order valence-electron chi connectivity index (χ1n) is 26.3. The van der Waals surface area contributed by atoms with E-state index in [1.165, 1.54) is 87.6 Å². The van der Waals surface area contributed by atoms with Crippen LogP contribution in [0, 0.1) is 6.92 Å². The summed E-state index contributed by atoms with van der Waals surface area (Å²) in [5, 5.41) is 9.77. The molecule has 3 nitrogen and oxygen atoms in total. The number of fused-ring (bicyclic) bond motifs is 5. The summed E-state index contributed by atoms with van der Waals surface area (Å²) < 4.78 is 2.27. The maximum atomic E-state index is 5.19. The average Bonchev–Trinajstić information content (AvgIpc) is 3.72. The van der Waals surface area contributed by atoms with E-state index in [4.69, 9.17) is 4.98 Å². The summed E-state index contributed by atoms with van der Waals surface area (Å²) in [6.07, 6.45) is 11.8. The van der Waals surface area contributed by atoms with Crippen LogP contribution in [0.5, 0.6) is 0 Å². The number of hydrogen-bond donors (Lipinski definition) is 0. The van der Waals surface area contributed by atoms with E-state index in [-0.39, 0.29) is 0 Å². The Kier molecular flexibility index (Phi) is 11.1. The Labute approximate surface area is 442 Å². The zero-order valence-corrected chi connectivity index (χ0v) is 42.1. The van der Waals surface area contributed by atoms with E-state index in [2.05, 4.69) is 295 Å². The summed E-state index contributed by atoms with van der Waals surface area (Å²) in [6.45, 7) is 2.16. The molecule has 3 heteroatoms. The molecule has 14 rings (SSSR count). The van der Waals surface area contributed by atoms with Gasteiger partial charge in [0.15, 0.2) is 0 Å². The predicted molar refractivity (Wildman–Crippen MR) is 323 cm³/mol. The number of allylic oxidation sites excluding steroid dienone is 5. The van der Waals surface area contributed by atoms with Gasteiger partial charge >= 0.3 is 0 Å². The molecule has 76 heavy (non-hydrogen) atoms. The lowest BCUT2D eigenvalue weighted by atomic mass is 9.82. The zero-order chi connectivity index (χ0) is 50.5. The van der Waals surface area contributed by atoms with Gasteiger partial charge in [-0.15, -0.1) is 0 Å². The highest BCUT2D eigenvalue weighted by molar-refractivity contribution is 6.25. The Morgan fingerprint density at radius 1 is 0.382 bits per heavy atom. The molecule has 12 aromatic carbocycles. The largest absolute Gasteiger partial charge is 0.311 e.